The fourth-order valence-electron chi connectivity index (χ4n) is 6.62. The van der Waals surface area contributed by atoms with Gasteiger partial charge in [-0.15, -0.1) is 0 Å². The Morgan fingerprint density at radius 1 is 0.897 bits per heavy atom. The number of ether oxygens (including phenoxy) is 1. The first-order chi connectivity index (χ1) is 18.6. The van der Waals surface area contributed by atoms with Gasteiger partial charge in [-0.2, -0.15) is 0 Å². The van der Waals surface area contributed by atoms with E-state index in [0.717, 1.165) is 48.6 Å². The summed E-state index contributed by atoms with van der Waals surface area (Å²) in [6.07, 6.45) is 4.50. The molecule has 1 aliphatic carbocycles. The lowest BCUT2D eigenvalue weighted by Crippen LogP contribution is -2.68. The Balaban J connectivity index is 1.92. The molecule has 4 nitrogen and oxygen atoms in total. The Morgan fingerprint density at radius 2 is 1.41 bits per heavy atom. The summed E-state index contributed by atoms with van der Waals surface area (Å²) in [7, 11) is -2.57. The van der Waals surface area contributed by atoms with E-state index >= 15 is 0 Å². The molecule has 6 heteroatoms. The number of benzene rings is 3. The Bertz CT molecular complexity index is 1210. The van der Waals surface area contributed by atoms with Crippen LogP contribution < -0.4 is 15.1 Å². The lowest BCUT2D eigenvalue weighted by atomic mass is 9.69. The minimum atomic E-state index is -2.58. The van der Waals surface area contributed by atoms with E-state index in [-0.39, 0.29) is 17.0 Å². The summed E-state index contributed by atoms with van der Waals surface area (Å²) in [4.78, 5) is 14.5. The van der Waals surface area contributed by atoms with Crippen molar-refractivity contribution in [3.8, 4) is 0 Å². The van der Waals surface area contributed by atoms with Crippen molar-refractivity contribution in [2.45, 2.75) is 81.8 Å². The monoisotopic (exact) mass is 561 g/mol. The second-order valence-electron chi connectivity index (χ2n) is 12.1. The van der Waals surface area contributed by atoms with Crippen molar-refractivity contribution in [1.82, 2.24) is 4.72 Å². The summed E-state index contributed by atoms with van der Waals surface area (Å²) in [6, 6.07) is 29.9. The van der Waals surface area contributed by atoms with Crippen molar-refractivity contribution in [3.63, 3.8) is 0 Å². The van der Waals surface area contributed by atoms with E-state index in [9.17, 15) is 9.00 Å². The summed E-state index contributed by atoms with van der Waals surface area (Å²) in [5, 5.41) is 2.56. The van der Waals surface area contributed by atoms with Crippen LogP contribution in [-0.2, 0) is 20.5 Å². The third-order valence-corrected chi connectivity index (χ3v) is 16.2. The number of hydrogen-bond donors (Lipinski definition) is 1. The molecule has 1 N–H and O–H groups in total. The number of methoxy groups -OCH3 is 1. The quantitative estimate of drug-likeness (QED) is 0.251. The van der Waals surface area contributed by atoms with Gasteiger partial charge in [0.1, 0.15) is 19.1 Å². The number of esters is 1. The van der Waals surface area contributed by atoms with E-state index in [1.165, 1.54) is 17.5 Å². The van der Waals surface area contributed by atoms with Crippen LogP contribution >= 0.6 is 0 Å². The fraction of sp³-hybridized carbons (Fsp3) is 0.424. The SMILES string of the molecule is COC(=O)C1([C@H](C[Si](c2ccccc2)(c2ccccc2)C(C)(C)C)N[S@@](=O)c2ccc(C)cc2)CCCCC1. The van der Waals surface area contributed by atoms with Gasteiger partial charge in [0.2, 0.25) is 0 Å². The molecule has 4 rings (SSSR count). The van der Waals surface area contributed by atoms with Crippen LogP contribution in [0.4, 0.5) is 0 Å². The average molecular weight is 562 g/mol. The van der Waals surface area contributed by atoms with E-state index in [1.807, 2.05) is 31.2 Å². The molecule has 0 aliphatic heterocycles. The first-order valence-electron chi connectivity index (χ1n) is 14.1. The van der Waals surface area contributed by atoms with Crippen LogP contribution in [-0.4, -0.2) is 31.4 Å². The molecule has 0 spiro atoms. The number of carbonyl (C=O) groups excluding carboxylic acids is 1. The number of rotatable bonds is 9. The maximum atomic E-state index is 13.9. The summed E-state index contributed by atoms with van der Waals surface area (Å²) in [6.45, 7) is 9.02. The summed E-state index contributed by atoms with van der Waals surface area (Å²) in [5.74, 6) is -0.182. The smallest absolute Gasteiger partial charge is 0.313 e. The van der Waals surface area contributed by atoms with Crippen molar-refractivity contribution in [2.24, 2.45) is 5.41 Å². The van der Waals surface area contributed by atoms with Gasteiger partial charge in [-0.3, -0.25) is 4.79 Å². The van der Waals surface area contributed by atoms with Crippen molar-refractivity contribution in [3.05, 3.63) is 90.5 Å². The molecule has 2 atom stereocenters. The van der Waals surface area contributed by atoms with Gasteiger partial charge in [-0.05, 0) is 43.0 Å². The average Bonchev–Trinajstić information content (AvgIpc) is 2.95. The van der Waals surface area contributed by atoms with Gasteiger partial charge in [0.05, 0.1) is 17.4 Å². The van der Waals surface area contributed by atoms with Crippen LogP contribution in [0.2, 0.25) is 11.1 Å². The normalized spacial score (nSPS) is 17.3. The van der Waals surface area contributed by atoms with Crippen LogP contribution in [0.1, 0.15) is 58.4 Å². The molecule has 0 aromatic heterocycles. The van der Waals surface area contributed by atoms with Gasteiger partial charge in [0, 0.05) is 6.04 Å². The minimum absolute atomic E-state index is 0.0903. The van der Waals surface area contributed by atoms with Gasteiger partial charge in [0.15, 0.2) is 0 Å². The van der Waals surface area contributed by atoms with Crippen molar-refractivity contribution < 1.29 is 13.7 Å². The zero-order chi connectivity index (χ0) is 28.1. The largest absolute Gasteiger partial charge is 0.469 e. The van der Waals surface area contributed by atoms with E-state index < -0.39 is 24.5 Å². The molecule has 39 heavy (non-hydrogen) atoms. The van der Waals surface area contributed by atoms with Gasteiger partial charge < -0.3 is 4.74 Å². The molecule has 3 aromatic rings. The maximum absolute atomic E-state index is 13.9. The third-order valence-electron chi connectivity index (χ3n) is 8.81. The Labute approximate surface area is 238 Å². The van der Waals surface area contributed by atoms with Gasteiger partial charge >= 0.3 is 5.97 Å². The highest BCUT2D eigenvalue weighted by molar-refractivity contribution is 7.83. The highest BCUT2D eigenvalue weighted by atomic mass is 32.2. The first kappa shape index (κ1) is 29.4. The molecule has 0 radical (unpaired) electrons. The molecular formula is C33H43NO3SSi. The Kier molecular flexibility index (Phi) is 9.30. The highest BCUT2D eigenvalue weighted by Gasteiger charge is 2.55. The highest BCUT2D eigenvalue weighted by Crippen LogP contribution is 2.47. The Hall–Kier alpha value is -2.54. The molecule has 0 amide bonds. The van der Waals surface area contributed by atoms with Crippen LogP contribution in [0.15, 0.2) is 89.8 Å². The number of hydrogen-bond acceptors (Lipinski definition) is 3. The topological polar surface area (TPSA) is 55.4 Å². The van der Waals surface area contributed by atoms with Crippen LogP contribution in [0, 0.1) is 12.3 Å². The van der Waals surface area contributed by atoms with Crippen LogP contribution in [0.25, 0.3) is 0 Å². The molecule has 0 unspecified atom stereocenters. The molecular weight excluding hydrogens is 519 g/mol. The number of aryl methyl sites for hydroxylation is 1. The van der Waals surface area contributed by atoms with E-state index in [2.05, 4.69) is 86.2 Å². The molecule has 1 aliphatic rings. The molecule has 0 saturated heterocycles. The van der Waals surface area contributed by atoms with Crippen molar-refractivity contribution in [2.75, 3.05) is 7.11 Å². The zero-order valence-corrected chi connectivity index (χ0v) is 25.9. The Morgan fingerprint density at radius 3 is 1.87 bits per heavy atom. The van der Waals surface area contributed by atoms with E-state index in [1.54, 1.807) is 0 Å². The zero-order valence-electron chi connectivity index (χ0n) is 24.0. The fourth-order valence-corrected chi connectivity index (χ4v) is 13.6. The minimum Gasteiger partial charge on any atom is -0.469 e. The summed E-state index contributed by atoms with van der Waals surface area (Å²) < 4.78 is 23.0. The second kappa shape index (κ2) is 12.3. The second-order valence-corrected chi connectivity index (χ2v) is 18.2. The number of carbonyl (C=O) groups is 1. The van der Waals surface area contributed by atoms with E-state index in [0.29, 0.717) is 0 Å². The van der Waals surface area contributed by atoms with Crippen molar-refractivity contribution in [1.29, 1.82) is 0 Å². The van der Waals surface area contributed by atoms with Crippen LogP contribution in [0.3, 0.4) is 0 Å². The lowest BCUT2D eigenvalue weighted by Gasteiger charge is -2.50. The maximum Gasteiger partial charge on any atom is 0.313 e. The summed E-state index contributed by atoms with van der Waals surface area (Å²) >= 11 is 0. The molecule has 1 fully saturated rings. The molecule has 3 aromatic carbocycles. The molecule has 208 valence electrons. The predicted molar refractivity (Wildman–Crippen MR) is 164 cm³/mol. The van der Waals surface area contributed by atoms with E-state index in [4.69, 9.17) is 4.74 Å². The predicted octanol–water partition coefficient (Wildman–Crippen LogP) is 6.16. The number of nitrogens with one attached hydrogen (secondary N) is 1. The van der Waals surface area contributed by atoms with Crippen LogP contribution in [0.5, 0.6) is 0 Å². The van der Waals surface area contributed by atoms with Gasteiger partial charge in [-0.1, -0.05) is 129 Å². The standard InChI is InChI=1S/C33H43NO3SSi/c1-26-19-21-27(22-20-26)38(36)34-30(33(31(35)37-5)23-13-8-14-24-33)25-39(32(2,3)4,28-15-9-6-10-16-28)29-17-11-7-12-18-29/h6-7,9-12,15-22,30,34H,8,13-14,23-25H2,1-5H3/t30-,38-/m0/s1. The van der Waals surface area contributed by atoms with Gasteiger partial charge in [-0.25, -0.2) is 8.93 Å². The molecule has 0 heterocycles. The molecule has 1 saturated carbocycles. The summed E-state index contributed by atoms with van der Waals surface area (Å²) in [5.41, 5.74) is 0.387. The lowest BCUT2D eigenvalue weighted by molar-refractivity contribution is -0.156. The van der Waals surface area contributed by atoms with Gasteiger partial charge in [0.25, 0.3) is 0 Å². The molecule has 0 bridgehead atoms. The first-order valence-corrected chi connectivity index (χ1v) is 17.4. The van der Waals surface area contributed by atoms with Crippen molar-refractivity contribution >= 4 is 35.4 Å². The third kappa shape index (κ3) is 5.98.